The summed E-state index contributed by atoms with van der Waals surface area (Å²) in [6.45, 7) is 7.73. The standard InChI is InChI=1S/C10H21NO2/c1-3-12-10(13-4-2)9-5-7-11-8-6-9/h9-11H,3-8H2,1-2H3. The van der Waals surface area contributed by atoms with Gasteiger partial charge in [0.1, 0.15) is 0 Å². The van der Waals surface area contributed by atoms with Crippen molar-refractivity contribution >= 4 is 0 Å². The summed E-state index contributed by atoms with van der Waals surface area (Å²) in [5.41, 5.74) is 0. The summed E-state index contributed by atoms with van der Waals surface area (Å²) in [6, 6.07) is 0. The monoisotopic (exact) mass is 187 g/mol. The van der Waals surface area contributed by atoms with Gasteiger partial charge in [-0.25, -0.2) is 0 Å². The molecular formula is C10H21NO2. The molecule has 1 rings (SSSR count). The average molecular weight is 187 g/mol. The van der Waals surface area contributed by atoms with Gasteiger partial charge >= 0.3 is 0 Å². The molecule has 0 unspecified atom stereocenters. The van der Waals surface area contributed by atoms with Crippen molar-refractivity contribution in [3.8, 4) is 0 Å². The summed E-state index contributed by atoms with van der Waals surface area (Å²) in [7, 11) is 0. The van der Waals surface area contributed by atoms with Crippen molar-refractivity contribution in [2.24, 2.45) is 5.92 Å². The molecule has 1 aliphatic rings. The minimum Gasteiger partial charge on any atom is -0.353 e. The highest BCUT2D eigenvalue weighted by molar-refractivity contribution is 4.71. The molecule has 0 amide bonds. The summed E-state index contributed by atoms with van der Waals surface area (Å²) in [5, 5.41) is 3.34. The lowest BCUT2D eigenvalue weighted by molar-refractivity contribution is -0.171. The van der Waals surface area contributed by atoms with Gasteiger partial charge in [0, 0.05) is 19.1 Å². The van der Waals surface area contributed by atoms with Crippen LogP contribution >= 0.6 is 0 Å². The summed E-state index contributed by atoms with van der Waals surface area (Å²) in [6.07, 6.45) is 2.37. The molecule has 0 aromatic heterocycles. The lowest BCUT2D eigenvalue weighted by Gasteiger charge is -2.29. The highest BCUT2D eigenvalue weighted by atomic mass is 16.7. The third-order valence-electron chi connectivity index (χ3n) is 2.43. The lowest BCUT2D eigenvalue weighted by Crippen LogP contribution is -2.36. The van der Waals surface area contributed by atoms with Crippen LogP contribution in [0.15, 0.2) is 0 Å². The van der Waals surface area contributed by atoms with Crippen molar-refractivity contribution in [2.45, 2.75) is 33.0 Å². The Bertz CT molecular complexity index is 118. The largest absolute Gasteiger partial charge is 0.353 e. The molecule has 78 valence electrons. The zero-order chi connectivity index (χ0) is 9.52. The Labute approximate surface area is 80.8 Å². The Morgan fingerprint density at radius 3 is 2.15 bits per heavy atom. The number of piperidine rings is 1. The van der Waals surface area contributed by atoms with Gasteiger partial charge in [-0.05, 0) is 39.8 Å². The van der Waals surface area contributed by atoms with Crippen LogP contribution in [-0.4, -0.2) is 32.6 Å². The first-order valence-corrected chi connectivity index (χ1v) is 5.32. The second-order valence-corrected chi connectivity index (χ2v) is 3.37. The van der Waals surface area contributed by atoms with Crippen LogP contribution in [0.5, 0.6) is 0 Å². The van der Waals surface area contributed by atoms with Gasteiger partial charge in [0.15, 0.2) is 6.29 Å². The van der Waals surface area contributed by atoms with Crippen LogP contribution in [0.25, 0.3) is 0 Å². The van der Waals surface area contributed by atoms with Gasteiger partial charge in [-0.2, -0.15) is 0 Å². The summed E-state index contributed by atoms with van der Waals surface area (Å²) in [5.74, 6) is 0.584. The van der Waals surface area contributed by atoms with Crippen LogP contribution in [0, 0.1) is 5.92 Å². The van der Waals surface area contributed by atoms with Crippen molar-refractivity contribution in [3.05, 3.63) is 0 Å². The number of hydrogen-bond donors (Lipinski definition) is 1. The fourth-order valence-corrected chi connectivity index (χ4v) is 1.77. The van der Waals surface area contributed by atoms with E-state index in [-0.39, 0.29) is 6.29 Å². The predicted molar refractivity (Wildman–Crippen MR) is 52.6 cm³/mol. The molecule has 13 heavy (non-hydrogen) atoms. The molecule has 0 aromatic rings. The van der Waals surface area contributed by atoms with Gasteiger partial charge < -0.3 is 14.8 Å². The first kappa shape index (κ1) is 11.0. The Morgan fingerprint density at radius 2 is 1.69 bits per heavy atom. The van der Waals surface area contributed by atoms with Crippen molar-refractivity contribution in [1.29, 1.82) is 0 Å². The van der Waals surface area contributed by atoms with E-state index in [1.165, 1.54) is 12.8 Å². The van der Waals surface area contributed by atoms with E-state index in [2.05, 4.69) is 5.32 Å². The van der Waals surface area contributed by atoms with E-state index in [0.717, 1.165) is 26.3 Å². The molecule has 0 aromatic carbocycles. The molecule has 0 aliphatic carbocycles. The first-order chi connectivity index (χ1) is 6.38. The Kier molecular flexibility index (Phi) is 5.35. The molecule has 1 heterocycles. The highest BCUT2D eigenvalue weighted by Gasteiger charge is 2.23. The van der Waals surface area contributed by atoms with Crippen LogP contribution in [0.4, 0.5) is 0 Å². The normalized spacial score (nSPS) is 19.6. The molecule has 0 atom stereocenters. The molecule has 0 radical (unpaired) electrons. The van der Waals surface area contributed by atoms with E-state index < -0.39 is 0 Å². The third kappa shape index (κ3) is 3.63. The number of rotatable bonds is 5. The lowest BCUT2D eigenvalue weighted by atomic mass is 9.97. The predicted octanol–water partition coefficient (Wildman–Crippen LogP) is 1.39. The Balaban J connectivity index is 2.32. The van der Waals surface area contributed by atoms with Crippen molar-refractivity contribution < 1.29 is 9.47 Å². The second-order valence-electron chi connectivity index (χ2n) is 3.37. The minimum absolute atomic E-state index is 0.0251. The van der Waals surface area contributed by atoms with E-state index in [9.17, 15) is 0 Å². The maximum atomic E-state index is 5.57. The van der Waals surface area contributed by atoms with Gasteiger partial charge in [-0.1, -0.05) is 0 Å². The second kappa shape index (κ2) is 6.35. The van der Waals surface area contributed by atoms with Gasteiger partial charge in [-0.15, -0.1) is 0 Å². The molecule has 0 spiro atoms. The van der Waals surface area contributed by atoms with Gasteiger partial charge in [0.05, 0.1) is 0 Å². The van der Waals surface area contributed by atoms with Crippen molar-refractivity contribution in [2.75, 3.05) is 26.3 Å². The summed E-state index contributed by atoms with van der Waals surface area (Å²) < 4.78 is 11.1. The Hall–Kier alpha value is -0.120. The van der Waals surface area contributed by atoms with E-state index in [0.29, 0.717) is 5.92 Å². The van der Waals surface area contributed by atoms with Crippen LogP contribution in [0.3, 0.4) is 0 Å². The molecule has 0 saturated carbocycles. The van der Waals surface area contributed by atoms with E-state index in [1.807, 2.05) is 13.8 Å². The Morgan fingerprint density at radius 1 is 1.15 bits per heavy atom. The molecule has 3 heteroatoms. The molecule has 1 N–H and O–H groups in total. The maximum Gasteiger partial charge on any atom is 0.160 e. The molecule has 1 saturated heterocycles. The quantitative estimate of drug-likeness (QED) is 0.660. The fraction of sp³-hybridized carbons (Fsp3) is 1.00. The topological polar surface area (TPSA) is 30.5 Å². The average Bonchev–Trinajstić information content (AvgIpc) is 2.19. The van der Waals surface area contributed by atoms with Crippen molar-refractivity contribution in [3.63, 3.8) is 0 Å². The van der Waals surface area contributed by atoms with Crippen molar-refractivity contribution in [1.82, 2.24) is 5.32 Å². The molecule has 1 aliphatic heterocycles. The van der Waals surface area contributed by atoms with Crippen LogP contribution in [0.1, 0.15) is 26.7 Å². The number of ether oxygens (including phenoxy) is 2. The van der Waals surface area contributed by atoms with Gasteiger partial charge in [-0.3, -0.25) is 0 Å². The number of nitrogens with one attached hydrogen (secondary N) is 1. The van der Waals surface area contributed by atoms with E-state index >= 15 is 0 Å². The van der Waals surface area contributed by atoms with E-state index in [4.69, 9.17) is 9.47 Å². The van der Waals surface area contributed by atoms with Gasteiger partial charge in [0.2, 0.25) is 0 Å². The summed E-state index contributed by atoms with van der Waals surface area (Å²) in [4.78, 5) is 0. The van der Waals surface area contributed by atoms with Crippen LogP contribution in [0.2, 0.25) is 0 Å². The van der Waals surface area contributed by atoms with Crippen LogP contribution in [-0.2, 0) is 9.47 Å². The molecule has 3 nitrogen and oxygen atoms in total. The third-order valence-corrected chi connectivity index (χ3v) is 2.43. The minimum atomic E-state index is 0.0251. The first-order valence-electron chi connectivity index (χ1n) is 5.32. The highest BCUT2D eigenvalue weighted by Crippen LogP contribution is 2.19. The molecular weight excluding hydrogens is 166 g/mol. The fourth-order valence-electron chi connectivity index (χ4n) is 1.77. The molecule has 0 bridgehead atoms. The SMILES string of the molecule is CCOC(OCC)C1CCNCC1. The maximum absolute atomic E-state index is 5.57. The zero-order valence-corrected chi connectivity index (χ0v) is 8.71. The zero-order valence-electron chi connectivity index (χ0n) is 8.71. The smallest absolute Gasteiger partial charge is 0.160 e. The number of hydrogen-bond acceptors (Lipinski definition) is 3. The van der Waals surface area contributed by atoms with E-state index in [1.54, 1.807) is 0 Å². The van der Waals surface area contributed by atoms with Crippen LogP contribution < -0.4 is 5.32 Å². The summed E-state index contributed by atoms with van der Waals surface area (Å²) >= 11 is 0. The molecule has 1 fully saturated rings. The van der Waals surface area contributed by atoms with Gasteiger partial charge in [0.25, 0.3) is 0 Å².